The van der Waals surface area contributed by atoms with Crippen molar-refractivity contribution in [3.8, 4) is 0 Å². The molecule has 0 aliphatic rings. The lowest BCUT2D eigenvalue weighted by Gasteiger charge is -2.24. The summed E-state index contributed by atoms with van der Waals surface area (Å²) < 4.78 is 5.97. The smallest absolute Gasteiger partial charge is 0.306 e. The summed E-state index contributed by atoms with van der Waals surface area (Å²) >= 11 is 0. The first-order valence-electron chi connectivity index (χ1n) is 29.6. The first-order chi connectivity index (χ1) is 32.5. The molecule has 66 heavy (non-hydrogen) atoms. The SMILES string of the molecule is CCCCCCCC/C=C/CCCCCCCCCC(CC(=O)NC(CO)C(O)CCCCCCCCCCCCCC)OC(=O)CCCCCCC/C=C/CCCCCCCCCCC. The van der Waals surface area contributed by atoms with Crippen molar-refractivity contribution in [2.24, 2.45) is 0 Å². The van der Waals surface area contributed by atoms with Gasteiger partial charge in [-0.1, -0.05) is 257 Å². The Bertz CT molecular complexity index is 1040. The van der Waals surface area contributed by atoms with Gasteiger partial charge in [-0.3, -0.25) is 9.59 Å². The number of rotatable bonds is 54. The first-order valence-corrected chi connectivity index (χ1v) is 29.6. The molecule has 0 heterocycles. The van der Waals surface area contributed by atoms with E-state index in [2.05, 4.69) is 50.4 Å². The number of nitrogens with one attached hydrogen (secondary N) is 1. The maximum absolute atomic E-state index is 13.3. The molecule has 0 aromatic carbocycles. The van der Waals surface area contributed by atoms with Crippen molar-refractivity contribution in [2.75, 3.05) is 6.61 Å². The highest BCUT2D eigenvalue weighted by Crippen LogP contribution is 2.19. The van der Waals surface area contributed by atoms with Crippen LogP contribution in [0.15, 0.2) is 24.3 Å². The number of esters is 1. The van der Waals surface area contributed by atoms with Crippen LogP contribution in [-0.2, 0) is 14.3 Å². The number of amides is 1. The van der Waals surface area contributed by atoms with E-state index in [1.54, 1.807) is 0 Å². The van der Waals surface area contributed by atoms with E-state index in [1.165, 1.54) is 218 Å². The fourth-order valence-corrected chi connectivity index (χ4v) is 9.25. The Kier molecular flexibility index (Phi) is 52.9. The summed E-state index contributed by atoms with van der Waals surface area (Å²) in [6, 6.07) is -0.701. The van der Waals surface area contributed by atoms with Gasteiger partial charge in [0.25, 0.3) is 0 Å². The van der Waals surface area contributed by atoms with E-state index in [4.69, 9.17) is 4.74 Å². The average molecular weight is 931 g/mol. The molecule has 0 radical (unpaired) electrons. The maximum Gasteiger partial charge on any atom is 0.306 e. The number of ether oxygens (including phenoxy) is 1. The Morgan fingerprint density at radius 1 is 0.424 bits per heavy atom. The second-order valence-corrected chi connectivity index (χ2v) is 20.4. The third kappa shape index (κ3) is 48.8. The van der Waals surface area contributed by atoms with Crippen molar-refractivity contribution in [1.29, 1.82) is 0 Å². The molecule has 3 N–H and O–H groups in total. The molecule has 3 unspecified atom stereocenters. The number of aliphatic hydroxyl groups excluding tert-OH is 2. The number of carbonyl (C=O) groups excluding carboxylic acids is 2. The van der Waals surface area contributed by atoms with Gasteiger partial charge in [-0.25, -0.2) is 0 Å². The molecule has 6 nitrogen and oxygen atoms in total. The molecule has 1 amide bonds. The van der Waals surface area contributed by atoms with Crippen LogP contribution in [0.3, 0.4) is 0 Å². The van der Waals surface area contributed by atoms with Crippen LogP contribution < -0.4 is 5.32 Å². The molecule has 0 aromatic rings. The van der Waals surface area contributed by atoms with E-state index in [0.717, 1.165) is 57.8 Å². The van der Waals surface area contributed by atoms with Crippen molar-refractivity contribution in [3.63, 3.8) is 0 Å². The number of aliphatic hydroxyl groups is 2. The highest BCUT2D eigenvalue weighted by molar-refractivity contribution is 5.77. The Morgan fingerprint density at radius 3 is 1.08 bits per heavy atom. The van der Waals surface area contributed by atoms with Gasteiger partial charge in [-0.15, -0.1) is 0 Å². The van der Waals surface area contributed by atoms with Gasteiger partial charge < -0.3 is 20.3 Å². The lowest BCUT2D eigenvalue weighted by molar-refractivity contribution is -0.151. The predicted molar refractivity (Wildman–Crippen MR) is 287 cm³/mol. The van der Waals surface area contributed by atoms with Crippen LogP contribution in [-0.4, -0.2) is 46.9 Å². The molecule has 0 fully saturated rings. The molecule has 0 aliphatic heterocycles. The summed E-state index contributed by atoms with van der Waals surface area (Å²) in [7, 11) is 0. The molecule has 0 saturated heterocycles. The lowest BCUT2D eigenvalue weighted by atomic mass is 10.0. The Morgan fingerprint density at radius 2 is 0.727 bits per heavy atom. The summed E-state index contributed by atoms with van der Waals surface area (Å²) in [6.07, 6.45) is 63.9. The monoisotopic (exact) mass is 930 g/mol. The van der Waals surface area contributed by atoms with Crippen LogP contribution in [0.1, 0.15) is 323 Å². The van der Waals surface area contributed by atoms with E-state index in [9.17, 15) is 19.8 Å². The standard InChI is InChI=1S/C60H115NO5/c1-4-7-10-13-16-19-22-25-27-29-31-33-35-38-41-44-47-50-53-60(65)66-56(51-48-45-42-39-36-34-32-30-28-26-23-20-17-14-11-8-5-2)54-59(64)61-57(55-62)58(63)52-49-46-43-40-37-24-21-18-15-12-9-6-3/h26,28,31,33,56-58,62-63H,4-25,27,29-30,32,34-55H2,1-3H3,(H,61,64)/b28-26+,33-31+. The minimum absolute atomic E-state index is 0.0760. The molecule has 0 bridgehead atoms. The molecule has 3 atom stereocenters. The molecular weight excluding hydrogens is 815 g/mol. The highest BCUT2D eigenvalue weighted by atomic mass is 16.5. The normalized spacial score (nSPS) is 13.2. The van der Waals surface area contributed by atoms with Crippen LogP contribution in [0.4, 0.5) is 0 Å². The third-order valence-electron chi connectivity index (χ3n) is 13.8. The van der Waals surface area contributed by atoms with Gasteiger partial charge in [0.05, 0.1) is 25.2 Å². The van der Waals surface area contributed by atoms with Gasteiger partial charge >= 0.3 is 5.97 Å². The Hall–Kier alpha value is -1.66. The number of allylic oxidation sites excluding steroid dienone is 4. The Labute approximate surface area is 411 Å². The molecule has 0 spiro atoms. The van der Waals surface area contributed by atoms with Crippen molar-refractivity contribution in [2.45, 2.75) is 341 Å². The van der Waals surface area contributed by atoms with E-state index in [-0.39, 0.29) is 24.9 Å². The van der Waals surface area contributed by atoms with E-state index < -0.39 is 18.2 Å². The van der Waals surface area contributed by atoms with Crippen molar-refractivity contribution >= 4 is 11.9 Å². The molecular formula is C60H115NO5. The molecule has 0 rings (SSSR count). The second-order valence-electron chi connectivity index (χ2n) is 20.4. The van der Waals surface area contributed by atoms with Crippen molar-refractivity contribution in [1.82, 2.24) is 5.32 Å². The second kappa shape index (κ2) is 54.3. The van der Waals surface area contributed by atoms with Gasteiger partial charge in [-0.2, -0.15) is 0 Å². The molecule has 0 aromatic heterocycles. The van der Waals surface area contributed by atoms with E-state index in [0.29, 0.717) is 19.3 Å². The fraction of sp³-hybridized carbons (Fsp3) is 0.900. The highest BCUT2D eigenvalue weighted by Gasteiger charge is 2.24. The zero-order valence-corrected chi connectivity index (χ0v) is 44.6. The summed E-state index contributed by atoms with van der Waals surface area (Å²) in [5, 5.41) is 23.9. The zero-order valence-electron chi connectivity index (χ0n) is 44.6. The fourth-order valence-electron chi connectivity index (χ4n) is 9.25. The topological polar surface area (TPSA) is 95.9 Å². The molecule has 0 saturated carbocycles. The minimum Gasteiger partial charge on any atom is -0.462 e. The maximum atomic E-state index is 13.3. The average Bonchev–Trinajstić information content (AvgIpc) is 3.31. The largest absolute Gasteiger partial charge is 0.462 e. The number of hydrogen-bond donors (Lipinski definition) is 3. The zero-order chi connectivity index (χ0) is 48.1. The third-order valence-corrected chi connectivity index (χ3v) is 13.8. The molecule has 6 heteroatoms. The van der Waals surface area contributed by atoms with Gasteiger partial charge in [0.2, 0.25) is 5.91 Å². The predicted octanol–water partition coefficient (Wildman–Crippen LogP) is 18.2. The summed E-state index contributed by atoms with van der Waals surface area (Å²) in [6.45, 7) is 6.51. The summed E-state index contributed by atoms with van der Waals surface area (Å²) in [4.78, 5) is 26.3. The van der Waals surface area contributed by atoms with Gasteiger partial charge in [0.15, 0.2) is 0 Å². The number of hydrogen-bond acceptors (Lipinski definition) is 5. The minimum atomic E-state index is -0.787. The van der Waals surface area contributed by atoms with Gasteiger partial charge in [0, 0.05) is 6.42 Å². The van der Waals surface area contributed by atoms with Gasteiger partial charge in [-0.05, 0) is 77.0 Å². The quantitative estimate of drug-likeness (QED) is 0.0321. The van der Waals surface area contributed by atoms with E-state index >= 15 is 0 Å². The first kappa shape index (κ1) is 64.3. The van der Waals surface area contributed by atoms with Crippen LogP contribution >= 0.6 is 0 Å². The molecule has 390 valence electrons. The van der Waals surface area contributed by atoms with Crippen LogP contribution in [0.2, 0.25) is 0 Å². The lowest BCUT2D eigenvalue weighted by Crippen LogP contribution is -2.46. The van der Waals surface area contributed by atoms with Crippen molar-refractivity contribution < 1.29 is 24.5 Å². The van der Waals surface area contributed by atoms with Crippen LogP contribution in [0, 0.1) is 0 Å². The Balaban J connectivity index is 4.54. The summed E-state index contributed by atoms with van der Waals surface area (Å²) in [5.41, 5.74) is 0. The van der Waals surface area contributed by atoms with Crippen molar-refractivity contribution in [3.05, 3.63) is 24.3 Å². The van der Waals surface area contributed by atoms with Crippen LogP contribution in [0.25, 0.3) is 0 Å². The summed E-state index contributed by atoms with van der Waals surface area (Å²) in [5.74, 6) is -0.470. The molecule has 0 aliphatic carbocycles. The number of unbranched alkanes of at least 4 members (excludes halogenated alkanes) is 38. The van der Waals surface area contributed by atoms with Gasteiger partial charge in [0.1, 0.15) is 6.10 Å². The van der Waals surface area contributed by atoms with E-state index in [1.807, 2.05) is 0 Å². The number of carbonyl (C=O) groups is 2. The van der Waals surface area contributed by atoms with Crippen LogP contribution in [0.5, 0.6) is 0 Å².